The molecule has 4 bridgehead atoms. The van der Waals surface area contributed by atoms with E-state index in [0.717, 1.165) is 48.8 Å². The van der Waals surface area contributed by atoms with Gasteiger partial charge in [-0.2, -0.15) is 0 Å². The molecule has 0 aromatic heterocycles. The third-order valence-electron chi connectivity index (χ3n) is 9.63. The Hall–Kier alpha value is -3.29. The predicted octanol–water partition coefficient (Wildman–Crippen LogP) is 6.01. The summed E-state index contributed by atoms with van der Waals surface area (Å²) in [7, 11) is 0. The van der Waals surface area contributed by atoms with Crippen molar-refractivity contribution in [1.29, 1.82) is 0 Å². The van der Waals surface area contributed by atoms with Crippen molar-refractivity contribution < 1.29 is 18.4 Å². The molecule has 0 saturated heterocycles. The first kappa shape index (κ1) is 27.9. The van der Waals surface area contributed by atoms with Crippen LogP contribution in [0.1, 0.15) is 60.0 Å². The van der Waals surface area contributed by atoms with Crippen LogP contribution in [0.4, 0.5) is 8.78 Å². The number of carbonyl (C=O) groups excluding carboxylic acids is 2. The van der Waals surface area contributed by atoms with Gasteiger partial charge in [-0.1, -0.05) is 36.4 Å². The third kappa shape index (κ3) is 5.26. The Morgan fingerprint density at radius 2 is 1.54 bits per heavy atom. The zero-order valence-electron chi connectivity index (χ0n) is 22.8. The summed E-state index contributed by atoms with van der Waals surface area (Å²) in [5.74, 6) is 0.412. The van der Waals surface area contributed by atoms with Gasteiger partial charge in [0.1, 0.15) is 11.6 Å². The quantitative estimate of drug-likeness (QED) is 0.377. The number of hydrogen-bond acceptors (Lipinski definition) is 3. The summed E-state index contributed by atoms with van der Waals surface area (Å²) in [5.41, 5.74) is 3.26. The number of amides is 2. The average Bonchev–Trinajstić information content (AvgIpc) is 3.35. The second kappa shape index (κ2) is 10.5. The van der Waals surface area contributed by atoms with Crippen molar-refractivity contribution in [3.63, 3.8) is 0 Å². The van der Waals surface area contributed by atoms with Crippen LogP contribution in [0.2, 0.25) is 0 Å². The lowest BCUT2D eigenvalue weighted by Gasteiger charge is -2.62. The molecule has 4 saturated carbocycles. The Morgan fingerprint density at radius 1 is 0.854 bits per heavy atom. The fourth-order valence-electron chi connectivity index (χ4n) is 8.34. The second-order valence-electron chi connectivity index (χ2n) is 12.5. The van der Waals surface area contributed by atoms with E-state index in [1.807, 2.05) is 0 Å². The average molecular weight is 578 g/mol. The molecule has 5 nitrogen and oxygen atoms in total. The predicted molar refractivity (Wildman–Crippen MR) is 155 cm³/mol. The van der Waals surface area contributed by atoms with E-state index in [2.05, 4.69) is 10.6 Å². The van der Waals surface area contributed by atoms with Gasteiger partial charge in [0, 0.05) is 35.3 Å². The van der Waals surface area contributed by atoms with E-state index < -0.39 is 0 Å². The highest BCUT2D eigenvalue weighted by atomic mass is 35.5. The minimum atomic E-state index is -0.289. The monoisotopic (exact) mass is 577 g/mol. The molecule has 5 aliphatic rings. The van der Waals surface area contributed by atoms with Crippen molar-refractivity contribution in [2.45, 2.75) is 62.7 Å². The summed E-state index contributed by atoms with van der Waals surface area (Å²) in [6.45, 7) is 1.21. The van der Waals surface area contributed by atoms with Gasteiger partial charge in [0.15, 0.2) is 0 Å². The van der Waals surface area contributed by atoms with Crippen molar-refractivity contribution in [3.8, 4) is 11.1 Å². The fraction of sp³-hybridized carbons (Fsp3) is 0.394. The van der Waals surface area contributed by atoms with Crippen LogP contribution in [0, 0.1) is 23.5 Å². The van der Waals surface area contributed by atoms with Gasteiger partial charge in [0.05, 0.1) is 6.54 Å². The molecule has 3 aromatic carbocycles. The van der Waals surface area contributed by atoms with Gasteiger partial charge in [0.2, 0.25) is 5.91 Å². The molecule has 3 aromatic rings. The first-order valence-electron chi connectivity index (χ1n) is 14.3. The summed E-state index contributed by atoms with van der Waals surface area (Å²) < 4.78 is 27.9. The van der Waals surface area contributed by atoms with E-state index in [-0.39, 0.29) is 53.5 Å². The minimum absolute atomic E-state index is 0. The summed E-state index contributed by atoms with van der Waals surface area (Å²) in [5, 5.41) is 7.07. The van der Waals surface area contributed by atoms with Crippen LogP contribution in [0.25, 0.3) is 11.1 Å². The summed E-state index contributed by atoms with van der Waals surface area (Å²) in [4.78, 5) is 28.4. The van der Waals surface area contributed by atoms with Gasteiger partial charge < -0.3 is 15.5 Å². The Kier molecular flexibility index (Phi) is 7.15. The molecular formula is C33H34ClF2N3O2. The lowest BCUT2D eigenvalue weighted by Crippen LogP contribution is -2.69. The van der Waals surface area contributed by atoms with E-state index in [1.165, 1.54) is 24.6 Å². The van der Waals surface area contributed by atoms with Crippen molar-refractivity contribution in [2.24, 2.45) is 11.8 Å². The van der Waals surface area contributed by atoms with Crippen molar-refractivity contribution in [1.82, 2.24) is 15.5 Å². The molecule has 4 atom stereocenters. The largest absolute Gasteiger partial charge is 0.347 e. The van der Waals surface area contributed by atoms with Crippen LogP contribution < -0.4 is 10.6 Å². The van der Waals surface area contributed by atoms with Gasteiger partial charge in [-0.25, -0.2) is 8.78 Å². The molecule has 2 amide bonds. The number of rotatable bonds is 6. The van der Waals surface area contributed by atoms with Gasteiger partial charge in [-0.05, 0) is 97.4 Å². The zero-order valence-corrected chi connectivity index (χ0v) is 23.6. The first-order chi connectivity index (χ1) is 19.3. The minimum Gasteiger partial charge on any atom is -0.347 e. The van der Waals surface area contributed by atoms with Crippen LogP contribution in [-0.2, 0) is 17.9 Å². The first-order valence-corrected chi connectivity index (χ1v) is 14.3. The maximum Gasteiger partial charge on any atom is 0.251 e. The fourth-order valence-corrected chi connectivity index (χ4v) is 8.34. The molecule has 0 radical (unpaired) electrons. The number of carbonyl (C=O) groups is 2. The smallest absolute Gasteiger partial charge is 0.251 e. The van der Waals surface area contributed by atoms with Crippen molar-refractivity contribution in [2.75, 3.05) is 6.54 Å². The second-order valence-corrected chi connectivity index (χ2v) is 12.5. The number of nitrogens with one attached hydrogen (secondary N) is 2. The maximum absolute atomic E-state index is 14.2. The number of benzene rings is 3. The Morgan fingerprint density at radius 3 is 2.27 bits per heavy atom. The molecule has 1 aliphatic heterocycles. The van der Waals surface area contributed by atoms with Crippen LogP contribution in [0.5, 0.6) is 0 Å². The molecule has 4 aliphatic carbocycles. The molecule has 214 valence electrons. The summed E-state index contributed by atoms with van der Waals surface area (Å²) in [6, 6.07) is 18.5. The standard InChI is InChI=1S/C33H33F2N3O2.ClH/c34-27-10-9-25-18-38(19-26(25)12-27)30(39)17-36-32-13-21-11-22(14-32)16-33(15-21,20-32)37-31(40)24-7-5-23(6-8-24)28-3-1-2-4-29(28)35;/h1-10,12,21-22,36H,11,13-20H2,(H,37,40);1H/t21-,22+,32?,33?;. The molecular weight excluding hydrogens is 544 g/mol. The Bertz CT molecular complexity index is 1480. The van der Waals surface area contributed by atoms with E-state index in [1.54, 1.807) is 53.4 Å². The highest BCUT2D eigenvalue weighted by Crippen LogP contribution is 2.57. The van der Waals surface area contributed by atoms with Gasteiger partial charge in [-0.15, -0.1) is 12.4 Å². The van der Waals surface area contributed by atoms with Crippen molar-refractivity contribution in [3.05, 3.63) is 95.1 Å². The van der Waals surface area contributed by atoms with Gasteiger partial charge in [-0.3, -0.25) is 9.59 Å². The van der Waals surface area contributed by atoms with E-state index >= 15 is 0 Å². The highest BCUT2D eigenvalue weighted by Gasteiger charge is 2.58. The number of halogens is 3. The van der Waals surface area contributed by atoms with Crippen molar-refractivity contribution >= 4 is 24.2 Å². The molecule has 0 spiro atoms. The summed E-state index contributed by atoms with van der Waals surface area (Å²) >= 11 is 0. The molecule has 8 heteroatoms. The summed E-state index contributed by atoms with van der Waals surface area (Å²) in [6.07, 6.45) is 5.97. The van der Waals surface area contributed by atoms with Gasteiger partial charge in [0.25, 0.3) is 5.91 Å². The van der Waals surface area contributed by atoms with E-state index in [0.29, 0.717) is 36.1 Å². The van der Waals surface area contributed by atoms with Crippen LogP contribution >= 0.6 is 12.4 Å². The molecule has 1 heterocycles. The topological polar surface area (TPSA) is 61.4 Å². The number of fused-ring (bicyclic) bond motifs is 1. The zero-order chi connectivity index (χ0) is 27.5. The van der Waals surface area contributed by atoms with E-state index in [9.17, 15) is 18.4 Å². The third-order valence-corrected chi connectivity index (χ3v) is 9.63. The highest BCUT2D eigenvalue weighted by molar-refractivity contribution is 5.95. The lowest BCUT2D eigenvalue weighted by atomic mass is 9.50. The van der Waals surface area contributed by atoms with Crippen LogP contribution in [-0.4, -0.2) is 34.3 Å². The number of hydrogen-bond donors (Lipinski definition) is 2. The maximum atomic E-state index is 14.2. The molecule has 4 fully saturated rings. The molecule has 41 heavy (non-hydrogen) atoms. The van der Waals surface area contributed by atoms with Crippen LogP contribution in [0.3, 0.4) is 0 Å². The lowest BCUT2D eigenvalue weighted by molar-refractivity contribution is -0.132. The number of nitrogens with zero attached hydrogens (tertiary/aromatic N) is 1. The van der Waals surface area contributed by atoms with E-state index in [4.69, 9.17) is 0 Å². The molecule has 2 unspecified atom stereocenters. The van der Waals surface area contributed by atoms with Crippen LogP contribution in [0.15, 0.2) is 66.7 Å². The Labute approximate surface area is 245 Å². The SMILES string of the molecule is Cl.O=C(NC12C[C@@H]3C[C@@H](CC(NCC(=O)N4Cc5ccc(F)cc5C4)(C3)C1)C2)c1ccc(-c2ccccc2F)cc1. The molecule has 8 rings (SSSR count). The molecule has 2 N–H and O–H groups in total. The van der Waals surface area contributed by atoms with Gasteiger partial charge >= 0.3 is 0 Å². The Balaban J connectivity index is 0.00000302. The normalized spacial score (nSPS) is 27.3.